The second-order valence-corrected chi connectivity index (χ2v) is 6.83. The van der Waals surface area contributed by atoms with Crippen LogP contribution in [0.3, 0.4) is 0 Å². The summed E-state index contributed by atoms with van der Waals surface area (Å²) in [7, 11) is 0. The number of aromatic nitrogens is 2. The van der Waals surface area contributed by atoms with E-state index in [0.717, 1.165) is 30.8 Å². The van der Waals surface area contributed by atoms with Crippen molar-refractivity contribution in [3.05, 3.63) is 23.0 Å². The van der Waals surface area contributed by atoms with Crippen LogP contribution in [0.5, 0.6) is 0 Å². The van der Waals surface area contributed by atoms with E-state index in [-0.39, 0.29) is 5.91 Å². The number of nitrogens with zero attached hydrogens (tertiary/aromatic N) is 2. The van der Waals surface area contributed by atoms with E-state index in [1.165, 1.54) is 19.3 Å². The Morgan fingerprint density at radius 1 is 1.45 bits per heavy atom. The van der Waals surface area contributed by atoms with Crippen molar-refractivity contribution in [1.29, 1.82) is 0 Å². The van der Waals surface area contributed by atoms with Crippen LogP contribution in [0, 0.1) is 12.8 Å². The minimum atomic E-state index is -0.0171. The van der Waals surface area contributed by atoms with Gasteiger partial charge in [-0.1, -0.05) is 29.3 Å². The number of nitrogens with one attached hydrogen (secondary N) is 1. The summed E-state index contributed by atoms with van der Waals surface area (Å²) in [6, 6.07) is 1.83. The zero-order valence-corrected chi connectivity index (χ0v) is 13.7. The van der Waals surface area contributed by atoms with Gasteiger partial charge in [-0.25, -0.2) is 0 Å². The van der Waals surface area contributed by atoms with Crippen LogP contribution in [0.15, 0.2) is 6.07 Å². The Hall–Kier alpha value is -0.970. The molecule has 0 aromatic carbocycles. The molecule has 0 bridgehead atoms. The first-order chi connectivity index (χ1) is 9.60. The lowest BCUT2D eigenvalue weighted by atomic mass is 9.89. The summed E-state index contributed by atoms with van der Waals surface area (Å²) in [4.78, 5) is 12.9. The molecule has 1 aromatic rings. The number of hydrogen-bond donors (Lipinski definition) is 1. The molecule has 0 spiro atoms. The summed E-state index contributed by atoms with van der Waals surface area (Å²) < 4.78 is 0. The van der Waals surface area contributed by atoms with Crippen LogP contribution in [0.1, 0.15) is 54.4 Å². The van der Waals surface area contributed by atoms with E-state index >= 15 is 0 Å². The molecular formula is C15H22BrN3O. The predicted molar refractivity (Wildman–Crippen MR) is 83.2 cm³/mol. The molecule has 1 aliphatic rings. The number of carbonyl (C=O) groups excluding carboxylic acids is 1. The lowest BCUT2D eigenvalue weighted by Gasteiger charge is -2.25. The average molecular weight is 340 g/mol. The molecule has 1 heterocycles. The normalized spacial score (nSPS) is 22.6. The van der Waals surface area contributed by atoms with E-state index in [4.69, 9.17) is 0 Å². The molecule has 0 radical (unpaired) electrons. The minimum Gasteiger partial charge on any atom is -0.352 e. The topological polar surface area (TPSA) is 54.9 Å². The van der Waals surface area contributed by atoms with Crippen molar-refractivity contribution in [2.45, 2.75) is 50.8 Å². The Kier molecular flexibility index (Phi) is 5.52. The van der Waals surface area contributed by atoms with Gasteiger partial charge in [-0.15, -0.1) is 0 Å². The number of hydrogen-bond acceptors (Lipinski definition) is 3. The molecule has 2 atom stereocenters. The Morgan fingerprint density at radius 3 is 2.95 bits per heavy atom. The Labute approximate surface area is 128 Å². The van der Waals surface area contributed by atoms with Crippen molar-refractivity contribution in [3.8, 4) is 0 Å². The maximum Gasteiger partial charge on any atom is 0.253 e. The fraction of sp³-hybridized carbons (Fsp3) is 0.667. The molecule has 4 nitrogen and oxygen atoms in total. The monoisotopic (exact) mass is 339 g/mol. The highest BCUT2D eigenvalue weighted by Gasteiger charge is 2.21. The van der Waals surface area contributed by atoms with Gasteiger partial charge in [0.1, 0.15) is 0 Å². The quantitative estimate of drug-likeness (QED) is 0.857. The van der Waals surface area contributed by atoms with Crippen LogP contribution < -0.4 is 5.32 Å². The lowest BCUT2D eigenvalue weighted by molar-refractivity contribution is 0.0942. The lowest BCUT2D eigenvalue weighted by Crippen LogP contribution is -2.32. The largest absolute Gasteiger partial charge is 0.352 e. The summed E-state index contributed by atoms with van der Waals surface area (Å²) >= 11 is 3.68. The molecule has 20 heavy (non-hydrogen) atoms. The van der Waals surface area contributed by atoms with Crippen molar-refractivity contribution in [3.63, 3.8) is 0 Å². The third-order valence-electron chi connectivity index (χ3n) is 3.84. The van der Waals surface area contributed by atoms with Gasteiger partial charge in [0.15, 0.2) is 0 Å². The molecule has 1 N–H and O–H groups in total. The summed E-state index contributed by atoms with van der Waals surface area (Å²) in [6.07, 6.45) is 5.57. The molecule has 1 aromatic heterocycles. The van der Waals surface area contributed by atoms with Crippen molar-refractivity contribution >= 4 is 21.8 Å². The molecule has 1 saturated carbocycles. The highest BCUT2D eigenvalue weighted by molar-refractivity contribution is 9.09. The number of alkyl halides is 1. The molecule has 1 aliphatic carbocycles. The van der Waals surface area contributed by atoms with E-state index in [1.54, 1.807) is 0 Å². The van der Waals surface area contributed by atoms with Crippen LogP contribution in [-0.2, 0) is 6.42 Å². The number of carbonyl (C=O) groups is 1. The maximum atomic E-state index is 12.3. The molecule has 1 fully saturated rings. The van der Waals surface area contributed by atoms with Crippen LogP contribution in [0.2, 0.25) is 0 Å². The second-order valence-electron chi connectivity index (χ2n) is 5.54. The molecule has 2 rings (SSSR count). The van der Waals surface area contributed by atoms with Gasteiger partial charge >= 0.3 is 0 Å². The molecule has 1 amide bonds. The van der Waals surface area contributed by atoms with Crippen LogP contribution in [0.4, 0.5) is 0 Å². The zero-order valence-electron chi connectivity index (χ0n) is 12.2. The molecule has 5 heteroatoms. The Morgan fingerprint density at radius 2 is 2.25 bits per heavy atom. The van der Waals surface area contributed by atoms with E-state index < -0.39 is 0 Å². The van der Waals surface area contributed by atoms with Crippen LogP contribution >= 0.6 is 15.9 Å². The SMILES string of the molecule is CCc1nnc(C)cc1C(=O)NCC1CCCC(Br)C1. The third kappa shape index (κ3) is 4.01. The van der Waals surface area contributed by atoms with E-state index in [0.29, 0.717) is 16.3 Å². The summed E-state index contributed by atoms with van der Waals surface area (Å²) in [6.45, 7) is 4.61. The standard InChI is InChI=1S/C15H22BrN3O/c1-3-14-13(7-10(2)18-19-14)15(20)17-9-11-5-4-6-12(16)8-11/h7,11-12H,3-6,8-9H2,1-2H3,(H,17,20). The summed E-state index contributed by atoms with van der Waals surface area (Å²) in [5, 5.41) is 11.2. The zero-order chi connectivity index (χ0) is 14.5. The van der Waals surface area contributed by atoms with Gasteiger partial charge in [0.05, 0.1) is 17.0 Å². The first-order valence-corrected chi connectivity index (χ1v) is 8.27. The smallest absolute Gasteiger partial charge is 0.253 e. The minimum absolute atomic E-state index is 0.0171. The third-order valence-corrected chi connectivity index (χ3v) is 4.67. The fourth-order valence-electron chi connectivity index (χ4n) is 2.71. The van der Waals surface area contributed by atoms with Crippen molar-refractivity contribution < 1.29 is 4.79 Å². The maximum absolute atomic E-state index is 12.3. The first kappa shape index (κ1) is 15.4. The summed E-state index contributed by atoms with van der Waals surface area (Å²) in [5.74, 6) is 0.564. The molecular weight excluding hydrogens is 318 g/mol. The summed E-state index contributed by atoms with van der Waals surface area (Å²) in [5.41, 5.74) is 2.23. The van der Waals surface area contributed by atoms with Gasteiger partial charge < -0.3 is 5.32 Å². The van der Waals surface area contributed by atoms with Crippen LogP contribution in [0.25, 0.3) is 0 Å². The van der Waals surface area contributed by atoms with Crippen molar-refractivity contribution in [1.82, 2.24) is 15.5 Å². The van der Waals surface area contributed by atoms with E-state index in [1.807, 2.05) is 19.9 Å². The van der Waals surface area contributed by atoms with Crippen molar-refractivity contribution in [2.75, 3.05) is 6.54 Å². The number of aryl methyl sites for hydroxylation is 2. The van der Waals surface area contributed by atoms with E-state index in [2.05, 4.69) is 31.4 Å². The number of amides is 1. The Bertz CT molecular complexity index is 478. The van der Waals surface area contributed by atoms with Gasteiger partial charge in [0.2, 0.25) is 0 Å². The highest BCUT2D eigenvalue weighted by atomic mass is 79.9. The molecule has 0 aliphatic heterocycles. The second kappa shape index (κ2) is 7.16. The van der Waals surface area contributed by atoms with Gasteiger partial charge in [0, 0.05) is 11.4 Å². The Balaban J connectivity index is 1.96. The molecule has 2 unspecified atom stereocenters. The molecule has 0 saturated heterocycles. The highest BCUT2D eigenvalue weighted by Crippen LogP contribution is 2.28. The van der Waals surface area contributed by atoms with Gasteiger partial charge in [-0.2, -0.15) is 10.2 Å². The average Bonchev–Trinajstić information content (AvgIpc) is 2.45. The van der Waals surface area contributed by atoms with Gasteiger partial charge in [-0.3, -0.25) is 4.79 Å². The number of rotatable bonds is 4. The van der Waals surface area contributed by atoms with Crippen molar-refractivity contribution in [2.24, 2.45) is 5.92 Å². The van der Waals surface area contributed by atoms with Gasteiger partial charge in [-0.05, 0) is 44.6 Å². The predicted octanol–water partition coefficient (Wildman–Crippen LogP) is 3.03. The van der Waals surface area contributed by atoms with E-state index in [9.17, 15) is 4.79 Å². The first-order valence-electron chi connectivity index (χ1n) is 7.35. The van der Waals surface area contributed by atoms with Crippen LogP contribution in [-0.4, -0.2) is 27.5 Å². The fourth-order valence-corrected chi connectivity index (χ4v) is 3.57. The number of halogens is 1. The van der Waals surface area contributed by atoms with Gasteiger partial charge in [0.25, 0.3) is 5.91 Å². The molecule has 110 valence electrons.